The zero-order valence-corrected chi connectivity index (χ0v) is 11.5. The first-order valence-corrected chi connectivity index (χ1v) is 6.31. The average Bonchev–Trinajstić information content (AvgIpc) is 2.45. The molecule has 0 unspecified atom stereocenters. The minimum Gasteiger partial charge on any atom is -0.380 e. The number of aromatic nitrogens is 1. The maximum absolute atomic E-state index is 9.04. The van der Waals surface area contributed by atoms with Gasteiger partial charge in [-0.3, -0.25) is 0 Å². The highest BCUT2D eigenvalue weighted by atomic mass is 79.9. The van der Waals surface area contributed by atoms with Crippen LogP contribution in [0.3, 0.4) is 0 Å². The fraction of sp³-hybridized carbons (Fsp3) is 0.0714. The number of hydrogen-bond acceptors (Lipinski definition) is 4. The first-order valence-electron chi connectivity index (χ1n) is 5.52. The quantitative estimate of drug-likeness (QED) is 0.944. The standard InChI is InChI=1S/C14H9BrN4/c15-12-4-3-10(7-16)13(6-12)19-9-11-2-1-5-18-14(11)8-17/h1-6,19H,9H2. The van der Waals surface area contributed by atoms with Gasteiger partial charge in [0.15, 0.2) is 0 Å². The van der Waals surface area contributed by atoms with Crippen LogP contribution in [0.2, 0.25) is 0 Å². The first kappa shape index (κ1) is 13.1. The maximum atomic E-state index is 9.04. The van der Waals surface area contributed by atoms with Crippen molar-refractivity contribution in [2.75, 3.05) is 5.32 Å². The zero-order chi connectivity index (χ0) is 13.7. The van der Waals surface area contributed by atoms with Gasteiger partial charge in [0.05, 0.1) is 11.3 Å². The summed E-state index contributed by atoms with van der Waals surface area (Å²) in [4.78, 5) is 3.99. The Bertz CT molecular complexity index is 683. The molecule has 0 aliphatic heterocycles. The van der Waals surface area contributed by atoms with Gasteiger partial charge in [-0.2, -0.15) is 10.5 Å². The van der Waals surface area contributed by atoms with E-state index in [0.717, 1.165) is 15.7 Å². The maximum Gasteiger partial charge on any atom is 0.145 e. The lowest BCUT2D eigenvalue weighted by molar-refractivity contribution is 1.09. The van der Waals surface area contributed by atoms with Gasteiger partial charge < -0.3 is 5.32 Å². The summed E-state index contributed by atoms with van der Waals surface area (Å²) in [6.07, 6.45) is 1.59. The number of nitrogens with zero attached hydrogens (tertiary/aromatic N) is 3. The molecule has 2 aromatic rings. The van der Waals surface area contributed by atoms with Crippen LogP contribution in [0.1, 0.15) is 16.8 Å². The number of anilines is 1. The second-order valence-electron chi connectivity index (χ2n) is 3.78. The minimum atomic E-state index is 0.392. The lowest BCUT2D eigenvalue weighted by Crippen LogP contribution is -2.04. The lowest BCUT2D eigenvalue weighted by Gasteiger charge is -2.09. The molecule has 2 rings (SSSR count). The number of nitrogens with one attached hydrogen (secondary N) is 1. The second-order valence-corrected chi connectivity index (χ2v) is 4.69. The summed E-state index contributed by atoms with van der Waals surface area (Å²) in [5, 5.41) is 21.2. The van der Waals surface area contributed by atoms with E-state index in [0.29, 0.717) is 17.8 Å². The van der Waals surface area contributed by atoms with E-state index in [1.54, 1.807) is 18.3 Å². The highest BCUT2D eigenvalue weighted by Crippen LogP contribution is 2.21. The Balaban J connectivity index is 2.22. The van der Waals surface area contributed by atoms with E-state index in [-0.39, 0.29) is 0 Å². The van der Waals surface area contributed by atoms with E-state index in [9.17, 15) is 0 Å². The van der Waals surface area contributed by atoms with Crippen LogP contribution in [-0.4, -0.2) is 4.98 Å². The van der Waals surface area contributed by atoms with Gasteiger partial charge in [-0.1, -0.05) is 22.0 Å². The third-order valence-electron chi connectivity index (χ3n) is 2.57. The van der Waals surface area contributed by atoms with E-state index in [2.05, 4.69) is 32.3 Å². The van der Waals surface area contributed by atoms with E-state index in [1.165, 1.54) is 0 Å². The monoisotopic (exact) mass is 312 g/mol. The minimum absolute atomic E-state index is 0.392. The largest absolute Gasteiger partial charge is 0.380 e. The zero-order valence-electron chi connectivity index (χ0n) is 9.89. The molecule has 0 aliphatic rings. The highest BCUT2D eigenvalue weighted by molar-refractivity contribution is 9.10. The highest BCUT2D eigenvalue weighted by Gasteiger charge is 2.05. The van der Waals surface area contributed by atoms with Crippen molar-refractivity contribution in [1.82, 2.24) is 4.98 Å². The van der Waals surface area contributed by atoms with Crippen LogP contribution in [0.5, 0.6) is 0 Å². The van der Waals surface area contributed by atoms with E-state index in [1.807, 2.05) is 24.3 Å². The van der Waals surface area contributed by atoms with Gasteiger partial charge in [0.25, 0.3) is 0 Å². The molecular formula is C14H9BrN4. The molecule has 5 heteroatoms. The van der Waals surface area contributed by atoms with E-state index < -0.39 is 0 Å². The third kappa shape index (κ3) is 3.09. The van der Waals surface area contributed by atoms with Crippen LogP contribution >= 0.6 is 15.9 Å². The van der Waals surface area contributed by atoms with Crippen molar-refractivity contribution in [2.24, 2.45) is 0 Å². The molecule has 92 valence electrons. The Morgan fingerprint density at radius 1 is 1.21 bits per heavy atom. The van der Waals surface area contributed by atoms with Crippen LogP contribution in [0, 0.1) is 22.7 Å². The van der Waals surface area contributed by atoms with Crippen molar-refractivity contribution in [3.8, 4) is 12.1 Å². The molecule has 0 aliphatic carbocycles. The van der Waals surface area contributed by atoms with Crippen LogP contribution in [0.4, 0.5) is 5.69 Å². The summed E-state index contributed by atoms with van der Waals surface area (Å²) in [5.74, 6) is 0. The molecule has 1 aromatic carbocycles. The topological polar surface area (TPSA) is 72.5 Å². The molecule has 0 fully saturated rings. The van der Waals surface area contributed by atoms with E-state index >= 15 is 0 Å². The van der Waals surface area contributed by atoms with Crippen molar-refractivity contribution in [2.45, 2.75) is 6.54 Å². The molecule has 19 heavy (non-hydrogen) atoms. The van der Waals surface area contributed by atoms with Crippen molar-refractivity contribution in [3.05, 3.63) is 57.8 Å². The fourth-order valence-electron chi connectivity index (χ4n) is 1.63. The Morgan fingerprint density at radius 3 is 2.79 bits per heavy atom. The number of halogens is 1. The molecule has 0 saturated heterocycles. The molecule has 0 atom stereocenters. The van der Waals surface area contributed by atoms with E-state index in [4.69, 9.17) is 10.5 Å². The number of rotatable bonds is 3. The molecule has 0 radical (unpaired) electrons. The molecule has 0 saturated carbocycles. The Hall–Kier alpha value is -2.37. The van der Waals surface area contributed by atoms with Crippen LogP contribution in [-0.2, 0) is 6.54 Å². The Kier molecular flexibility index (Phi) is 4.12. The summed E-state index contributed by atoms with van der Waals surface area (Å²) >= 11 is 3.37. The normalized spacial score (nSPS) is 9.42. The summed E-state index contributed by atoms with van der Waals surface area (Å²) < 4.78 is 0.890. The van der Waals surface area contributed by atoms with Gasteiger partial charge >= 0.3 is 0 Å². The van der Waals surface area contributed by atoms with Gasteiger partial charge in [-0.25, -0.2) is 4.98 Å². The van der Waals surface area contributed by atoms with Crippen LogP contribution in [0.15, 0.2) is 41.0 Å². The van der Waals surface area contributed by atoms with Crippen molar-refractivity contribution >= 4 is 21.6 Å². The van der Waals surface area contributed by atoms with Crippen LogP contribution in [0.25, 0.3) is 0 Å². The molecule has 0 spiro atoms. The van der Waals surface area contributed by atoms with Crippen molar-refractivity contribution in [1.29, 1.82) is 10.5 Å². The van der Waals surface area contributed by atoms with Gasteiger partial charge in [0, 0.05) is 22.8 Å². The lowest BCUT2D eigenvalue weighted by atomic mass is 10.1. The smallest absolute Gasteiger partial charge is 0.145 e. The predicted octanol–water partition coefficient (Wildman–Crippen LogP) is 3.20. The van der Waals surface area contributed by atoms with Gasteiger partial charge in [-0.15, -0.1) is 0 Å². The summed E-state index contributed by atoms with van der Waals surface area (Å²) in [6, 6.07) is 13.2. The van der Waals surface area contributed by atoms with Gasteiger partial charge in [0.1, 0.15) is 17.8 Å². The van der Waals surface area contributed by atoms with Crippen molar-refractivity contribution < 1.29 is 0 Å². The van der Waals surface area contributed by atoms with Crippen LogP contribution < -0.4 is 5.32 Å². The molecule has 0 bridgehead atoms. The Labute approximate surface area is 119 Å². The second kappa shape index (κ2) is 5.99. The predicted molar refractivity (Wildman–Crippen MR) is 75.1 cm³/mol. The van der Waals surface area contributed by atoms with Gasteiger partial charge in [0.2, 0.25) is 0 Å². The molecule has 1 heterocycles. The molecule has 4 nitrogen and oxygen atoms in total. The summed E-state index contributed by atoms with van der Waals surface area (Å²) in [5.41, 5.74) is 2.48. The fourth-order valence-corrected chi connectivity index (χ4v) is 1.99. The Morgan fingerprint density at radius 2 is 2.05 bits per heavy atom. The number of benzene rings is 1. The number of nitriles is 2. The molecule has 1 N–H and O–H groups in total. The van der Waals surface area contributed by atoms with Gasteiger partial charge in [-0.05, 0) is 24.3 Å². The number of hydrogen-bond donors (Lipinski definition) is 1. The molecular weight excluding hydrogens is 304 g/mol. The summed E-state index contributed by atoms with van der Waals surface area (Å²) in [7, 11) is 0. The SMILES string of the molecule is N#Cc1ccc(Br)cc1NCc1cccnc1C#N. The summed E-state index contributed by atoms with van der Waals surface area (Å²) in [6.45, 7) is 0.446. The van der Waals surface area contributed by atoms with Crippen molar-refractivity contribution in [3.63, 3.8) is 0 Å². The third-order valence-corrected chi connectivity index (χ3v) is 3.06. The molecule has 0 amide bonds. The first-order chi connectivity index (χ1) is 9.24. The number of pyridine rings is 1. The average molecular weight is 313 g/mol. The molecule has 1 aromatic heterocycles.